The Morgan fingerprint density at radius 1 is 1.15 bits per heavy atom. The van der Waals surface area contributed by atoms with Crippen molar-refractivity contribution in [3.8, 4) is 5.75 Å². The van der Waals surface area contributed by atoms with Crippen molar-refractivity contribution >= 4 is 17.3 Å². The first-order valence-corrected chi connectivity index (χ1v) is 9.12. The van der Waals surface area contributed by atoms with Gasteiger partial charge in [-0.05, 0) is 36.4 Å². The Kier molecular flexibility index (Phi) is 4.96. The van der Waals surface area contributed by atoms with Gasteiger partial charge in [0.2, 0.25) is 0 Å². The number of hydrogen-bond donors (Lipinski definition) is 1. The number of benzene rings is 1. The third-order valence-corrected chi connectivity index (χ3v) is 5.03. The third kappa shape index (κ3) is 3.89. The molecule has 4 rings (SSSR count). The van der Waals surface area contributed by atoms with E-state index in [4.69, 9.17) is 14.2 Å². The summed E-state index contributed by atoms with van der Waals surface area (Å²) in [6.45, 7) is 2.99. The lowest BCUT2D eigenvalue weighted by Crippen LogP contribution is -2.45. The molecule has 142 valence electrons. The van der Waals surface area contributed by atoms with Crippen LogP contribution in [0.5, 0.6) is 5.75 Å². The summed E-state index contributed by atoms with van der Waals surface area (Å²) in [4.78, 5) is 19.0. The van der Waals surface area contributed by atoms with Gasteiger partial charge in [-0.3, -0.25) is 9.78 Å². The molecule has 1 amide bonds. The minimum Gasteiger partial charge on any atom is -0.497 e. The van der Waals surface area contributed by atoms with E-state index in [0.29, 0.717) is 24.6 Å². The van der Waals surface area contributed by atoms with E-state index in [2.05, 4.69) is 15.2 Å². The molecule has 2 aliphatic heterocycles. The predicted molar refractivity (Wildman–Crippen MR) is 101 cm³/mol. The summed E-state index contributed by atoms with van der Waals surface area (Å²) < 4.78 is 16.7. The second-order valence-corrected chi connectivity index (χ2v) is 6.68. The Labute approximate surface area is 158 Å². The van der Waals surface area contributed by atoms with Crippen LogP contribution >= 0.6 is 0 Å². The van der Waals surface area contributed by atoms with Gasteiger partial charge in [0.25, 0.3) is 5.91 Å². The summed E-state index contributed by atoms with van der Waals surface area (Å²) in [6.07, 6.45) is 3.32. The van der Waals surface area contributed by atoms with Crippen LogP contribution in [0.15, 0.2) is 42.6 Å². The van der Waals surface area contributed by atoms with Crippen molar-refractivity contribution in [1.29, 1.82) is 0 Å². The van der Waals surface area contributed by atoms with E-state index in [-0.39, 0.29) is 5.91 Å². The summed E-state index contributed by atoms with van der Waals surface area (Å²) >= 11 is 0. The lowest BCUT2D eigenvalue weighted by Gasteiger charge is -2.38. The van der Waals surface area contributed by atoms with Gasteiger partial charge in [-0.25, -0.2) is 0 Å². The van der Waals surface area contributed by atoms with Crippen molar-refractivity contribution < 1.29 is 19.0 Å². The maximum absolute atomic E-state index is 12.5. The molecule has 2 fully saturated rings. The number of pyridine rings is 1. The number of nitrogens with one attached hydrogen (secondary N) is 1. The molecule has 1 aromatic carbocycles. The van der Waals surface area contributed by atoms with Crippen molar-refractivity contribution in [2.45, 2.75) is 18.6 Å². The van der Waals surface area contributed by atoms with E-state index < -0.39 is 5.79 Å². The molecule has 0 saturated carbocycles. The lowest BCUT2D eigenvalue weighted by atomic mass is 10.0. The number of amides is 1. The topological polar surface area (TPSA) is 72.9 Å². The zero-order valence-electron chi connectivity index (χ0n) is 15.3. The first-order chi connectivity index (χ1) is 13.2. The normalized spacial score (nSPS) is 18.5. The van der Waals surface area contributed by atoms with Crippen molar-refractivity contribution in [3.63, 3.8) is 0 Å². The number of ether oxygens (including phenoxy) is 3. The van der Waals surface area contributed by atoms with E-state index in [9.17, 15) is 4.79 Å². The highest BCUT2D eigenvalue weighted by molar-refractivity contribution is 6.03. The summed E-state index contributed by atoms with van der Waals surface area (Å²) in [5.41, 5.74) is 2.07. The minimum absolute atomic E-state index is 0.238. The number of carbonyl (C=O) groups excluding carboxylic acids is 1. The summed E-state index contributed by atoms with van der Waals surface area (Å²) in [7, 11) is 1.61. The second kappa shape index (κ2) is 7.54. The fourth-order valence-corrected chi connectivity index (χ4v) is 3.50. The monoisotopic (exact) mass is 369 g/mol. The fraction of sp³-hybridized carbons (Fsp3) is 0.400. The van der Waals surface area contributed by atoms with Gasteiger partial charge in [-0.1, -0.05) is 0 Å². The van der Waals surface area contributed by atoms with Crippen LogP contribution in [0, 0.1) is 0 Å². The van der Waals surface area contributed by atoms with Crippen LogP contribution in [0.4, 0.5) is 11.4 Å². The smallest absolute Gasteiger partial charge is 0.274 e. The number of carbonyl (C=O) groups is 1. The zero-order valence-corrected chi connectivity index (χ0v) is 15.3. The zero-order chi connectivity index (χ0) is 18.7. The van der Waals surface area contributed by atoms with Gasteiger partial charge >= 0.3 is 0 Å². The van der Waals surface area contributed by atoms with E-state index in [1.165, 1.54) is 0 Å². The second-order valence-electron chi connectivity index (χ2n) is 6.68. The molecule has 0 unspecified atom stereocenters. The lowest BCUT2D eigenvalue weighted by molar-refractivity contribution is -0.169. The Morgan fingerprint density at radius 3 is 2.52 bits per heavy atom. The molecular weight excluding hydrogens is 346 g/mol. The van der Waals surface area contributed by atoms with Crippen LogP contribution < -0.4 is 15.0 Å². The van der Waals surface area contributed by atoms with Gasteiger partial charge in [0, 0.05) is 43.5 Å². The predicted octanol–water partition coefficient (Wildman–Crippen LogP) is 2.69. The maximum Gasteiger partial charge on any atom is 0.274 e. The molecule has 7 heteroatoms. The molecule has 7 nitrogen and oxygen atoms in total. The Morgan fingerprint density at radius 2 is 1.85 bits per heavy atom. The molecule has 3 heterocycles. The molecule has 2 saturated heterocycles. The van der Waals surface area contributed by atoms with Crippen molar-refractivity contribution in [2.75, 3.05) is 43.6 Å². The highest BCUT2D eigenvalue weighted by atomic mass is 16.7. The Balaban J connectivity index is 1.41. The number of anilines is 2. The minimum atomic E-state index is -0.405. The Bertz CT molecular complexity index is 793. The number of aromatic nitrogens is 1. The summed E-state index contributed by atoms with van der Waals surface area (Å²) in [5, 5.41) is 2.86. The van der Waals surface area contributed by atoms with Gasteiger partial charge in [-0.15, -0.1) is 0 Å². The van der Waals surface area contributed by atoms with Crippen LogP contribution in [-0.4, -0.2) is 50.1 Å². The van der Waals surface area contributed by atoms with Crippen LogP contribution in [-0.2, 0) is 9.47 Å². The summed E-state index contributed by atoms with van der Waals surface area (Å²) in [6, 6.07) is 11.0. The van der Waals surface area contributed by atoms with E-state index in [0.717, 1.165) is 37.4 Å². The van der Waals surface area contributed by atoms with Crippen LogP contribution in [0.2, 0.25) is 0 Å². The first kappa shape index (κ1) is 17.8. The quantitative estimate of drug-likeness (QED) is 0.893. The molecule has 2 aromatic rings. The molecule has 0 aliphatic carbocycles. The first-order valence-electron chi connectivity index (χ1n) is 9.12. The van der Waals surface area contributed by atoms with Crippen LogP contribution in [0.25, 0.3) is 0 Å². The highest BCUT2D eigenvalue weighted by Crippen LogP contribution is 2.33. The van der Waals surface area contributed by atoms with Crippen molar-refractivity contribution in [2.24, 2.45) is 0 Å². The number of methoxy groups -OCH3 is 1. The average molecular weight is 369 g/mol. The number of piperidine rings is 1. The maximum atomic E-state index is 12.5. The van der Waals surface area contributed by atoms with Gasteiger partial charge in [0.05, 0.1) is 20.3 Å². The van der Waals surface area contributed by atoms with E-state index in [1.54, 1.807) is 37.6 Å². The molecule has 1 N–H and O–H groups in total. The van der Waals surface area contributed by atoms with Gasteiger partial charge in [0.15, 0.2) is 5.79 Å². The standard InChI is InChI=1S/C20H23N3O4/c1-25-17-4-2-15(3-5-17)22-19(24)18-14-16(6-9-21-18)23-10-7-20(8-11-23)26-12-13-27-20/h2-6,9,14H,7-8,10-13H2,1H3,(H,22,24). The third-order valence-electron chi connectivity index (χ3n) is 5.03. The van der Waals surface area contributed by atoms with Crippen molar-refractivity contribution in [1.82, 2.24) is 4.98 Å². The van der Waals surface area contributed by atoms with Gasteiger partial charge in [0.1, 0.15) is 11.4 Å². The van der Waals surface area contributed by atoms with Crippen molar-refractivity contribution in [3.05, 3.63) is 48.3 Å². The molecule has 2 aliphatic rings. The highest BCUT2D eigenvalue weighted by Gasteiger charge is 2.39. The van der Waals surface area contributed by atoms with Gasteiger partial charge < -0.3 is 24.4 Å². The number of nitrogens with zero attached hydrogens (tertiary/aromatic N) is 2. The van der Waals surface area contributed by atoms with Crippen LogP contribution in [0.3, 0.4) is 0 Å². The molecule has 27 heavy (non-hydrogen) atoms. The Hall–Kier alpha value is -2.64. The van der Waals surface area contributed by atoms with E-state index >= 15 is 0 Å². The van der Waals surface area contributed by atoms with E-state index in [1.807, 2.05) is 12.1 Å². The molecule has 0 radical (unpaired) electrons. The van der Waals surface area contributed by atoms with Crippen LogP contribution in [0.1, 0.15) is 23.3 Å². The number of hydrogen-bond acceptors (Lipinski definition) is 6. The fourth-order valence-electron chi connectivity index (χ4n) is 3.50. The molecule has 0 bridgehead atoms. The molecule has 1 aromatic heterocycles. The molecule has 0 atom stereocenters. The largest absolute Gasteiger partial charge is 0.497 e. The molecular formula is C20H23N3O4. The SMILES string of the molecule is COc1ccc(NC(=O)c2cc(N3CCC4(CC3)OCCO4)ccn2)cc1. The number of rotatable bonds is 4. The van der Waals surface area contributed by atoms with Gasteiger partial charge in [-0.2, -0.15) is 0 Å². The molecule has 1 spiro atoms. The average Bonchev–Trinajstić information content (AvgIpc) is 3.17. The summed E-state index contributed by atoms with van der Waals surface area (Å²) in [5.74, 6) is 0.0992.